The second-order valence-electron chi connectivity index (χ2n) is 3.92. The van der Waals surface area contributed by atoms with Gasteiger partial charge in [-0.05, 0) is 19.1 Å². The molecule has 6 heteroatoms. The molecule has 2 rings (SSSR count). The number of aryl methyl sites for hydroxylation is 1. The fourth-order valence-corrected chi connectivity index (χ4v) is 2.20. The van der Waals surface area contributed by atoms with Crippen LogP contribution in [0.25, 0.3) is 0 Å². The van der Waals surface area contributed by atoms with Crippen LogP contribution in [0.15, 0.2) is 29.2 Å². The molecule has 1 atom stereocenters. The van der Waals surface area contributed by atoms with Crippen LogP contribution in [0.1, 0.15) is 12.0 Å². The van der Waals surface area contributed by atoms with Crippen LogP contribution in [-0.4, -0.2) is 27.7 Å². The summed E-state index contributed by atoms with van der Waals surface area (Å²) in [5.74, 6) is 0. The minimum absolute atomic E-state index is 0.0852. The lowest BCUT2D eigenvalue weighted by Gasteiger charge is -2.08. The smallest absolute Gasteiger partial charge is 0.323 e. The molecule has 1 aromatic carbocycles. The summed E-state index contributed by atoms with van der Waals surface area (Å²) in [4.78, 5) is 4.92. The summed E-state index contributed by atoms with van der Waals surface area (Å²) in [6, 6.07) is 6.38. The predicted molar refractivity (Wildman–Crippen MR) is 59.8 cm³/mol. The highest BCUT2D eigenvalue weighted by molar-refractivity contribution is 7.86. The van der Waals surface area contributed by atoms with Crippen molar-refractivity contribution in [1.82, 2.24) is 0 Å². The average Bonchev–Trinajstić information content (AvgIpc) is 2.80. The first-order valence-corrected chi connectivity index (χ1v) is 6.73. The molecule has 0 amide bonds. The van der Waals surface area contributed by atoms with E-state index < -0.39 is 10.1 Å². The third-order valence-electron chi connectivity index (χ3n) is 2.46. The Morgan fingerprint density at radius 2 is 2.00 bits per heavy atom. The second-order valence-corrected chi connectivity index (χ2v) is 5.43. The molecule has 1 aromatic rings. The summed E-state index contributed by atoms with van der Waals surface area (Å²) >= 11 is 0. The molecule has 1 fully saturated rings. The zero-order valence-electron chi connectivity index (χ0n) is 9.46. The van der Waals surface area contributed by atoms with E-state index >= 15 is 0 Å². The maximum Gasteiger partial charge on any atom is 0.323 e. The molecule has 0 aliphatic carbocycles. The first kappa shape index (κ1) is 12.5. The van der Waals surface area contributed by atoms with Crippen molar-refractivity contribution in [2.75, 3.05) is 13.2 Å². The van der Waals surface area contributed by atoms with Gasteiger partial charge in [0, 0.05) is 13.0 Å². The van der Waals surface area contributed by atoms with Gasteiger partial charge in [0.2, 0.25) is 0 Å². The van der Waals surface area contributed by atoms with Crippen LogP contribution in [0.3, 0.4) is 0 Å². The molecule has 0 radical (unpaired) electrons. The first-order chi connectivity index (χ1) is 8.08. The minimum atomic E-state index is -3.84. The summed E-state index contributed by atoms with van der Waals surface area (Å²) in [6.07, 6.45) is 0.332. The zero-order chi connectivity index (χ0) is 12.3. The number of hydrogen-bond donors (Lipinski definition) is 0. The van der Waals surface area contributed by atoms with Crippen molar-refractivity contribution in [2.24, 2.45) is 0 Å². The van der Waals surface area contributed by atoms with Gasteiger partial charge in [0.25, 0.3) is 0 Å². The van der Waals surface area contributed by atoms with Gasteiger partial charge in [0.15, 0.2) is 0 Å². The van der Waals surface area contributed by atoms with Crippen LogP contribution in [0, 0.1) is 6.92 Å². The Hall–Kier alpha value is -0.950. The van der Waals surface area contributed by atoms with E-state index in [1.165, 1.54) is 12.1 Å². The molecule has 1 aliphatic rings. The van der Waals surface area contributed by atoms with Gasteiger partial charge in [0.1, 0.15) is 6.10 Å². The van der Waals surface area contributed by atoms with Gasteiger partial charge in [-0.3, -0.25) is 0 Å². The van der Waals surface area contributed by atoms with E-state index in [-0.39, 0.29) is 11.0 Å². The summed E-state index contributed by atoms with van der Waals surface area (Å²) in [6.45, 7) is 2.81. The standard InChI is InChI=1S/C11H14O5S/c1-9-2-4-11(5-3-9)17(12,13)16-15-10-6-7-14-8-10/h2-5,10H,6-8H2,1H3/t10-/m1/s1. The molecule has 0 spiro atoms. The van der Waals surface area contributed by atoms with Gasteiger partial charge in [0.05, 0.1) is 11.5 Å². The summed E-state index contributed by atoms with van der Waals surface area (Å²) in [5, 5.41) is 0. The van der Waals surface area contributed by atoms with Crippen molar-refractivity contribution >= 4 is 10.1 Å². The molecule has 0 N–H and O–H groups in total. The Labute approximate surface area is 100 Å². The number of benzene rings is 1. The molecular formula is C11H14O5S. The van der Waals surface area contributed by atoms with Gasteiger partial charge < -0.3 is 4.74 Å². The van der Waals surface area contributed by atoms with Gasteiger partial charge in [-0.25, -0.2) is 4.89 Å². The maximum atomic E-state index is 11.7. The van der Waals surface area contributed by atoms with Gasteiger partial charge in [-0.15, -0.1) is 4.33 Å². The molecule has 5 nitrogen and oxygen atoms in total. The third kappa shape index (κ3) is 3.26. The molecular weight excluding hydrogens is 244 g/mol. The van der Waals surface area contributed by atoms with Crippen molar-refractivity contribution in [2.45, 2.75) is 24.3 Å². The molecule has 1 heterocycles. The monoisotopic (exact) mass is 258 g/mol. The van der Waals surface area contributed by atoms with Crippen molar-refractivity contribution in [1.29, 1.82) is 0 Å². The van der Waals surface area contributed by atoms with Gasteiger partial charge in [-0.1, -0.05) is 17.7 Å². The van der Waals surface area contributed by atoms with Gasteiger partial charge >= 0.3 is 10.1 Å². The molecule has 0 saturated carbocycles. The lowest BCUT2D eigenvalue weighted by molar-refractivity contribution is -0.238. The van der Waals surface area contributed by atoms with Crippen molar-refractivity contribution in [3.63, 3.8) is 0 Å². The fraction of sp³-hybridized carbons (Fsp3) is 0.455. The van der Waals surface area contributed by atoms with Crippen LogP contribution >= 0.6 is 0 Å². The molecule has 1 saturated heterocycles. The second kappa shape index (κ2) is 5.14. The van der Waals surface area contributed by atoms with E-state index in [0.717, 1.165) is 5.56 Å². The Morgan fingerprint density at radius 1 is 1.29 bits per heavy atom. The molecule has 94 valence electrons. The van der Waals surface area contributed by atoms with Crippen molar-refractivity contribution in [3.05, 3.63) is 29.8 Å². The molecule has 0 unspecified atom stereocenters. The van der Waals surface area contributed by atoms with Crippen molar-refractivity contribution in [3.8, 4) is 0 Å². The highest BCUT2D eigenvalue weighted by atomic mass is 32.2. The van der Waals surface area contributed by atoms with Crippen LogP contribution in [0.2, 0.25) is 0 Å². The average molecular weight is 258 g/mol. The molecule has 1 aliphatic heterocycles. The summed E-state index contributed by atoms with van der Waals surface area (Å²) < 4.78 is 33.0. The number of ether oxygens (including phenoxy) is 1. The first-order valence-electron chi connectivity index (χ1n) is 5.32. The fourth-order valence-electron chi connectivity index (χ4n) is 1.44. The maximum absolute atomic E-state index is 11.7. The van der Waals surface area contributed by atoms with Crippen LogP contribution < -0.4 is 0 Å². The predicted octanol–water partition coefficient (Wildman–Crippen LogP) is 1.42. The topological polar surface area (TPSA) is 61.8 Å². The van der Waals surface area contributed by atoms with E-state index in [9.17, 15) is 8.42 Å². The normalized spacial score (nSPS) is 20.6. The molecule has 0 bridgehead atoms. The highest BCUT2D eigenvalue weighted by Gasteiger charge is 2.22. The Bertz CT molecular complexity index is 459. The lowest BCUT2D eigenvalue weighted by atomic mass is 10.2. The van der Waals surface area contributed by atoms with E-state index in [1.807, 2.05) is 6.92 Å². The third-order valence-corrected chi connectivity index (χ3v) is 3.57. The highest BCUT2D eigenvalue weighted by Crippen LogP contribution is 2.16. The van der Waals surface area contributed by atoms with E-state index in [1.54, 1.807) is 12.1 Å². The van der Waals surface area contributed by atoms with Crippen LogP contribution in [0.5, 0.6) is 0 Å². The summed E-state index contributed by atoms with van der Waals surface area (Å²) in [5.41, 5.74) is 0.981. The lowest BCUT2D eigenvalue weighted by Crippen LogP contribution is -2.16. The SMILES string of the molecule is Cc1ccc(S(=O)(=O)OO[C@@H]2CCOC2)cc1. The zero-order valence-corrected chi connectivity index (χ0v) is 10.3. The minimum Gasteiger partial charge on any atom is -0.379 e. The molecule has 17 heavy (non-hydrogen) atoms. The van der Waals surface area contributed by atoms with Crippen LogP contribution in [-0.2, 0) is 24.1 Å². The Balaban J connectivity index is 2.00. The number of rotatable bonds is 4. The number of hydrogen-bond acceptors (Lipinski definition) is 5. The van der Waals surface area contributed by atoms with Crippen molar-refractivity contribution < 1.29 is 22.4 Å². The quantitative estimate of drug-likeness (QED) is 0.603. The summed E-state index contributed by atoms with van der Waals surface area (Å²) in [7, 11) is -3.84. The van der Waals surface area contributed by atoms with E-state index in [0.29, 0.717) is 19.6 Å². The Morgan fingerprint density at radius 3 is 2.59 bits per heavy atom. The largest absolute Gasteiger partial charge is 0.379 e. The van der Waals surface area contributed by atoms with E-state index in [4.69, 9.17) is 9.62 Å². The van der Waals surface area contributed by atoms with Gasteiger partial charge in [-0.2, -0.15) is 8.42 Å². The van der Waals surface area contributed by atoms with E-state index in [2.05, 4.69) is 4.33 Å². The Kier molecular flexibility index (Phi) is 3.78. The van der Waals surface area contributed by atoms with Crippen LogP contribution in [0.4, 0.5) is 0 Å². The molecule has 0 aromatic heterocycles.